The van der Waals surface area contributed by atoms with E-state index in [1.165, 1.54) is 0 Å². The van der Waals surface area contributed by atoms with Crippen LogP contribution >= 0.6 is 0 Å². The molecule has 0 unspecified atom stereocenters. The van der Waals surface area contributed by atoms with Crippen LogP contribution in [0.5, 0.6) is 11.6 Å². The first-order chi connectivity index (χ1) is 19.5. The Morgan fingerprint density at radius 3 is 2.30 bits per heavy atom. The first kappa shape index (κ1) is 25.9. The molecule has 0 aliphatic carbocycles. The minimum atomic E-state index is -0.531. The van der Waals surface area contributed by atoms with Gasteiger partial charge in [-0.05, 0) is 54.6 Å². The Morgan fingerprint density at radius 1 is 0.775 bits per heavy atom. The van der Waals surface area contributed by atoms with Gasteiger partial charge in [-0.15, -0.1) is 10.2 Å². The van der Waals surface area contributed by atoms with Gasteiger partial charge in [-0.25, -0.2) is 14.6 Å². The molecule has 3 aromatic carbocycles. The summed E-state index contributed by atoms with van der Waals surface area (Å²) < 4.78 is 11.1. The number of aromatic nitrogens is 3. The molecular weight excluding hydrogens is 508 g/mol. The van der Waals surface area contributed by atoms with Gasteiger partial charge < -0.3 is 20.5 Å². The van der Waals surface area contributed by atoms with Crippen molar-refractivity contribution in [1.29, 1.82) is 0 Å². The maximum atomic E-state index is 12.6. The number of carbonyl (C=O) groups is 2. The second kappa shape index (κ2) is 12.2. The lowest BCUT2D eigenvalue weighted by Gasteiger charge is -2.12. The van der Waals surface area contributed by atoms with Crippen LogP contribution in [0.15, 0.2) is 109 Å². The standard InChI is InChI=1S/C30H24N6O4/c31-24-10-6-18-32-28(24)40-23-14-12-21(13-15-23)29(37)39-19-22-9-4-5-11-25(22)33-30(38)34-27-17-16-26(35-36-27)20-7-2-1-3-8-20/h1-18H,19,31H2,(H2,33,34,36,38). The fraction of sp³-hybridized carbons (Fsp3) is 0.0333. The van der Waals surface area contributed by atoms with E-state index in [4.69, 9.17) is 15.2 Å². The number of amides is 2. The number of carbonyl (C=O) groups excluding carboxylic acids is 2. The zero-order valence-corrected chi connectivity index (χ0v) is 21.2. The monoisotopic (exact) mass is 532 g/mol. The van der Waals surface area contributed by atoms with Gasteiger partial charge in [-0.2, -0.15) is 0 Å². The number of esters is 1. The van der Waals surface area contributed by atoms with Gasteiger partial charge in [-0.3, -0.25) is 5.32 Å². The van der Waals surface area contributed by atoms with Gasteiger partial charge in [0.2, 0.25) is 5.88 Å². The molecular formula is C30H24N6O4. The molecule has 0 spiro atoms. The van der Waals surface area contributed by atoms with E-state index in [0.29, 0.717) is 39.8 Å². The van der Waals surface area contributed by atoms with Crippen LogP contribution in [0.2, 0.25) is 0 Å². The van der Waals surface area contributed by atoms with E-state index >= 15 is 0 Å². The molecule has 5 rings (SSSR count). The van der Waals surface area contributed by atoms with E-state index in [2.05, 4.69) is 25.8 Å². The summed E-state index contributed by atoms with van der Waals surface area (Å²) in [7, 11) is 0. The van der Waals surface area contributed by atoms with Gasteiger partial charge in [-0.1, -0.05) is 48.5 Å². The quantitative estimate of drug-likeness (QED) is 0.209. The molecule has 2 amide bonds. The highest BCUT2D eigenvalue weighted by Gasteiger charge is 2.12. The lowest BCUT2D eigenvalue weighted by molar-refractivity contribution is 0.0473. The second-order valence-corrected chi connectivity index (χ2v) is 8.51. The minimum Gasteiger partial charge on any atom is -0.457 e. The topological polar surface area (TPSA) is 141 Å². The summed E-state index contributed by atoms with van der Waals surface area (Å²) in [4.78, 5) is 29.3. The molecule has 198 valence electrons. The Bertz CT molecular complexity index is 1610. The molecule has 0 aliphatic rings. The zero-order valence-electron chi connectivity index (χ0n) is 21.2. The van der Waals surface area contributed by atoms with Gasteiger partial charge in [0, 0.05) is 23.0 Å². The van der Waals surface area contributed by atoms with Crippen molar-refractivity contribution in [3.8, 4) is 22.9 Å². The van der Waals surface area contributed by atoms with Crippen molar-refractivity contribution in [3.05, 3.63) is 120 Å². The molecule has 0 saturated heterocycles. The lowest BCUT2D eigenvalue weighted by Crippen LogP contribution is -2.21. The molecule has 0 bridgehead atoms. The number of urea groups is 1. The lowest BCUT2D eigenvalue weighted by atomic mass is 10.1. The molecule has 0 aliphatic heterocycles. The number of para-hydroxylation sites is 1. The second-order valence-electron chi connectivity index (χ2n) is 8.51. The minimum absolute atomic E-state index is 0.0520. The summed E-state index contributed by atoms with van der Waals surface area (Å²) in [5.41, 5.74) is 9.30. The number of hydrogen-bond acceptors (Lipinski definition) is 8. The number of nitrogens with two attached hydrogens (primary N) is 1. The highest BCUT2D eigenvalue weighted by Crippen LogP contribution is 2.25. The number of nitrogens with zero attached hydrogens (tertiary/aromatic N) is 3. The molecule has 0 radical (unpaired) electrons. The third-order valence-corrected chi connectivity index (χ3v) is 5.71. The Balaban J connectivity index is 1.16. The van der Waals surface area contributed by atoms with E-state index in [1.807, 2.05) is 30.3 Å². The summed E-state index contributed by atoms with van der Waals surface area (Å²) >= 11 is 0. The Hall–Kier alpha value is -5.77. The Kier molecular flexibility index (Phi) is 7.88. The fourth-order valence-electron chi connectivity index (χ4n) is 3.69. The third kappa shape index (κ3) is 6.56. The van der Waals surface area contributed by atoms with E-state index in [1.54, 1.807) is 79.0 Å². The van der Waals surface area contributed by atoms with Crippen molar-refractivity contribution in [2.45, 2.75) is 6.61 Å². The summed E-state index contributed by atoms with van der Waals surface area (Å²) in [6.07, 6.45) is 1.57. The Morgan fingerprint density at radius 2 is 1.55 bits per heavy atom. The maximum absolute atomic E-state index is 12.6. The van der Waals surface area contributed by atoms with Crippen LogP contribution in [0.4, 0.5) is 22.0 Å². The molecule has 2 aromatic heterocycles. The predicted octanol–water partition coefficient (Wildman–Crippen LogP) is 5.91. The number of nitrogen functional groups attached to an aromatic ring is 1. The molecule has 2 heterocycles. The van der Waals surface area contributed by atoms with Crippen molar-refractivity contribution in [3.63, 3.8) is 0 Å². The van der Waals surface area contributed by atoms with Crippen LogP contribution in [0.1, 0.15) is 15.9 Å². The van der Waals surface area contributed by atoms with E-state index in [9.17, 15) is 9.59 Å². The molecule has 5 aromatic rings. The van der Waals surface area contributed by atoms with Crippen molar-refractivity contribution in [1.82, 2.24) is 15.2 Å². The van der Waals surface area contributed by atoms with E-state index in [0.717, 1.165) is 5.56 Å². The molecule has 0 atom stereocenters. The molecule has 10 heteroatoms. The normalized spacial score (nSPS) is 10.4. The maximum Gasteiger partial charge on any atom is 0.338 e. The molecule has 0 fully saturated rings. The van der Waals surface area contributed by atoms with Crippen LogP contribution in [0.3, 0.4) is 0 Å². The highest BCUT2D eigenvalue weighted by molar-refractivity contribution is 5.99. The smallest absolute Gasteiger partial charge is 0.338 e. The summed E-state index contributed by atoms with van der Waals surface area (Å²) in [5, 5.41) is 13.7. The zero-order chi connectivity index (χ0) is 27.7. The van der Waals surface area contributed by atoms with Gasteiger partial charge in [0.1, 0.15) is 12.4 Å². The van der Waals surface area contributed by atoms with E-state index in [-0.39, 0.29) is 12.5 Å². The van der Waals surface area contributed by atoms with Crippen LogP contribution in [0, 0.1) is 0 Å². The summed E-state index contributed by atoms with van der Waals surface area (Å²) in [6, 6.07) is 29.4. The number of pyridine rings is 1. The summed E-state index contributed by atoms with van der Waals surface area (Å²) in [6.45, 7) is -0.0520. The average molecular weight is 533 g/mol. The molecule has 4 N–H and O–H groups in total. The summed E-state index contributed by atoms with van der Waals surface area (Å²) in [5.74, 6) is 0.514. The average Bonchev–Trinajstić information content (AvgIpc) is 2.99. The van der Waals surface area contributed by atoms with Crippen molar-refractivity contribution in [2.75, 3.05) is 16.4 Å². The molecule has 0 saturated carbocycles. The van der Waals surface area contributed by atoms with Crippen LogP contribution in [-0.4, -0.2) is 27.2 Å². The van der Waals surface area contributed by atoms with Gasteiger partial charge in [0.15, 0.2) is 5.82 Å². The largest absolute Gasteiger partial charge is 0.457 e. The molecule has 40 heavy (non-hydrogen) atoms. The van der Waals surface area contributed by atoms with Gasteiger partial charge in [0.05, 0.1) is 16.9 Å². The number of anilines is 3. The Labute approximate surface area is 229 Å². The number of hydrogen-bond donors (Lipinski definition) is 3. The fourth-order valence-corrected chi connectivity index (χ4v) is 3.69. The SMILES string of the molecule is Nc1cccnc1Oc1ccc(C(=O)OCc2ccccc2NC(=O)Nc2ccc(-c3ccccc3)nn2)cc1. The van der Waals surface area contributed by atoms with Gasteiger partial charge in [0.25, 0.3) is 0 Å². The number of benzene rings is 3. The van der Waals surface area contributed by atoms with Crippen LogP contribution in [0.25, 0.3) is 11.3 Å². The van der Waals surface area contributed by atoms with Crippen molar-refractivity contribution in [2.24, 2.45) is 0 Å². The first-order valence-electron chi connectivity index (χ1n) is 12.3. The molecule has 10 nitrogen and oxygen atoms in total. The van der Waals surface area contributed by atoms with Crippen LogP contribution in [-0.2, 0) is 11.3 Å². The van der Waals surface area contributed by atoms with Gasteiger partial charge >= 0.3 is 12.0 Å². The highest BCUT2D eigenvalue weighted by atomic mass is 16.5. The predicted molar refractivity (Wildman–Crippen MR) is 151 cm³/mol. The number of ether oxygens (including phenoxy) is 2. The van der Waals surface area contributed by atoms with Crippen molar-refractivity contribution >= 4 is 29.2 Å². The first-order valence-corrected chi connectivity index (χ1v) is 12.3. The van der Waals surface area contributed by atoms with Crippen LogP contribution < -0.4 is 21.1 Å². The third-order valence-electron chi connectivity index (χ3n) is 5.71. The number of rotatable bonds is 8. The van der Waals surface area contributed by atoms with E-state index < -0.39 is 12.0 Å². The van der Waals surface area contributed by atoms with Crippen molar-refractivity contribution < 1.29 is 19.1 Å². The number of nitrogens with one attached hydrogen (secondary N) is 2.